The van der Waals surface area contributed by atoms with Gasteiger partial charge in [-0.1, -0.05) is 0 Å². The summed E-state index contributed by atoms with van der Waals surface area (Å²) in [7, 11) is -3.03. The number of guanidine groups is 1. The minimum Gasteiger partial charge on any atom is -0.357 e. The van der Waals surface area contributed by atoms with Crippen LogP contribution in [0.5, 0.6) is 0 Å². The van der Waals surface area contributed by atoms with Gasteiger partial charge in [-0.05, 0) is 41.0 Å². The van der Waals surface area contributed by atoms with Crippen LogP contribution in [0, 0.1) is 0 Å². The van der Waals surface area contributed by atoms with E-state index in [9.17, 15) is 8.42 Å². The van der Waals surface area contributed by atoms with E-state index in [0.29, 0.717) is 31.7 Å². The highest BCUT2D eigenvalue weighted by Crippen LogP contribution is 2.12. The molecule has 9 heteroatoms. The predicted molar refractivity (Wildman–Crippen MR) is 116 cm³/mol. The van der Waals surface area contributed by atoms with Crippen LogP contribution in [-0.2, 0) is 10.0 Å². The number of sulfonamides is 1. The molecule has 1 aliphatic rings. The molecular weight excluding hydrogens is 453 g/mol. The molecule has 1 fully saturated rings. The van der Waals surface area contributed by atoms with E-state index in [1.807, 2.05) is 6.92 Å². The van der Waals surface area contributed by atoms with Gasteiger partial charge < -0.3 is 10.6 Å². The Hall–Kier alpha value is -0.130. The number of nitrogens with zero attached hydrogens (tertiary/aromatic N) is 3. The van der Waals surface area contributed by atoms with Gasteiger partial charge in [0.2, 0.25) is 10.0 Å². The number of halogens is 1. The maximum atomic E-state index is 11.8. The zero-order valence-electron chi connectivity index (χ0n) is 16.3. The second-order valence-electron chi connectivity index (χ2n) is 6.68. The maximum absolute atomic E-state index is 11.8. The van der Waals surface area contributed by atoms with Gasteiger partial charge in [0.1, 0.15) is 0 Å². The number of aliphatic imine (C=N–C) groups is 1. The summed E-state index contributed by atoms with van der Waals surface area (Å²) in [5, 5.41) is 6.55. The first kappa shape index (κ1) is 24.9. The van der Waals surface area contributed by atoms with E-state index in [-0.39, 0.29) is 29.7 Å². The van der Waals surface area contributed by atoms with Gasteiger partial charge in [0.15, 0.2) is 5.96 Å². The first-order valence-corrected chi connectivity index (χ1v) is 10.6. The van der Waals surface area contributed by atoms with Crippen LogP contribution in [0.2, 0.25) is 0 Å². The molecule has 1 aliphatic heterocycles. The number of hydrogen-bond acceptors (Lipinski definition) is 4. The predicted octanol–water partition coefficient (Wildman–Crippen LogP) is 1.31. The molecule has 0 atom stereocenters. The highest BCUT2D eigenvalue weighted by Gasteiger charge is 2.27. The summed E-state index contributed by atoms with van der Waals surface area (Å²) in [5.74, 6) is 1.02. The fourth-order valence-electron chi connectivity index (χ4n) is 2.97. The van der Waals surface area contributed by atoms with Gasteiger partial charge in [-0.25, -0.2) is 12.7 Å². The molecule has 0 aliphatic carbocycles. The minimum atomic E-state index is -3.03. The average Bonchev–Trinajstić information content (AvgIpc) is 2.81. The monoisotopic (exact) mass is 489 g/mol. The summed E-state index contributed by atoms with van der Waals surface area (Å²) < 4.78 is 25.1. The van der Waals surface area contributed by atoms with Crippen molar-refractivity contribution in [3.63, 3.8) is 0 Å². The van der Waals surface area contributed by atoms with Crippen molar-refractivity contribution in [2.45, 2.75) is 53.1 Å². The van der Waals surface area contributed by atoms with E-state index in [1.165, 1.54) is 0 Å². The van der Waals surface area contributed by atoms with Crippen LogP contribution in [0.4, 0.5) is 0 Å². The molecule has 150 valence electrons. The number of nitrogens with one attached hydrogen (secondary N) is 2. The van der Waals surface area contributed by atoms with Crippen LogP contribution in [-0.4, -0.2) is 80.7 Å². The molecule has 0 aromatic carbocycles. The molecular formula is C16H36IN5O2S. The van der Waals surface area contributed by atoms with Crippen molar-refractivity contribution in [1.82, 2.24) is 19.8 Å². The summed E-state index contributed by atoms with van der Waals surface area (Å²) >= 11 is 0. The van der Waals surface area contributed by atoms with Gasteiger partial charge in [0, 0.05) is 44.8 Å². The zero-order chi connectivity index (χ0) is 18.2. The SMILES string of the molecule is CCNC(=NCCN1CCCS1(=O)=O)NCCN(C(C)C)C(C)C.I. The molecule has 0 radical (unpaired) electrons. The first-order chi connectivity index (χ1) is 11.3. The topological polar surface area (TPSA) is 77.0 Å². The molecule has 1 saturated heterocycles. The largest absolute Gasteiger partial charge is 0.357 e. The minimum absolute atomic E-state index is 0. The van der Waals surface area contributed by atoms with E-state index in [4.69, 9.17) is 0 Å². The molecule has 0 saturated carbocycles. The normalized spacial score (nSPS) is 18.0. The van der Waals surface area contributed by atoms with Crippen LogP contribution in [0.25, 0.3) is 0 Å². The Kier molecular flexibility index (Phi) is 12.2. The van der Waals surface area contributed by atoms with Crippen LogP contribution < -0.4 is 10.6 Å². The quantitative estimate of drug-likeness (QED) is 0.290. The molecule has 25 heavy (non-hydrogen) atoms. The third kappa shape index (κ3) is 8.87. The third-order valence-corrected chi connectivity index (χ3v) is 6.11. The van der Waals surface area contributed by atoms with Crippen LogP contribution in [0.15, 0.2) is 4.99 Å². The highest BCUT2D eigenvalue weighted by molar-refractivity contribution is 14.0. The second kappa shape index (κ2) is 12.3. The van der Waals surface area contributed by atoms with Crippen LogP contribution in [0.1, 0.15) is 41.0 Å². The number of hydrogen-bond donors (Lipinski definition) is 2. The summed E-state index contributed by atoms with van der Waals surface area (Å²) in [4.78, 5) is 6.92. The van der Waals surface area contributed by atoms with Gasteiger partial charge in [0.25, 0.3) is 0 Å². The Bertz CT molecular complexity index is 489. The Morgan fingerprint density at radius 3 is 2.32 bits per heavy atom. The van der Waals surface area contributed by atoms with E-state index in [0.717, 1.165) is 32.0 Å². The van der Waals surface area contributed by atoms with Crippen molar-refractivity contribution < 1.29 is 8.42 Å². The molecule has 0 unspecified atom stereocenters. The van der Waals surface area contributed by atoms with Gasteiger partial charge in [-0.2, -0.15) is 0 Å². The molecule has 7 nitrogen and oxygen atoms in total. The first-order valence-electron chi connectivity index (χ1n) is 9.03. The lowest BCUT2D eigenvalue weighted by Gasteiger charge is -2.30. The molecule has 0 spiro atoms. The highest BCUT2D eigenvalue weighted by atomic mass is 127. The van der Waals surface area contributed by atoms with Crippen molar-refractivity contribution in [3.05, 3.63) is 0 Å². The lowest BCUT2D eigenvalue weighted by Crippen LogP contribution is -2.45. The smallest absolute Gasteiger partial charge is 0.214 e. The zero-order valence-corrected chi connectivity index (χ0v) is 19.4. The van der Waals surface area contributed by atoms with Crippen LogP contribution >= 0.6 is 24.0 Å². The summed E-state index contributed by atoms with van der Waals surface area (Å²) in [6.45, 7) is 14.9. The Morgan fingerprint density at radius 2 is 1.84 bits per heavy atom. The van der Waals surface area contributed by atoms with Gasteiger partial charge in [0.05, 0.1) is 12.3 Å². The second-order valence-corrected chi connectivity index (χ2v) is 8.77. The molecule has 2 N–H and O–H groups in total. The van der Waals surface area contributed by atoms with E-state index >= 15 is 0 Å². The molecule has 1 rings (SSSR count). The van der Waals surface area contributed by atoms with Crippen LogP contribution in [0.3, 0.4) is 0 Å². The standard InChI is InChI=1S/C16H35N5O2S.HI/c1-6-17-16(19-9-12-21(14(2)3)15(4)5)18-8-11-20-10-7-13-24(20,22)23;/h14-15H,6-13H2,1-5H3,(H2,17,18,19);1H. The van der Waals surface area contributed by atoms with Crippen molar-refractivity contribution in [2.75, 3.05) is 45.0 Å². The Labute approximate surface area is 171 Å². The van der Waals surface area contributed by atoms with Gasteiger partial charge >= 0.3 is 0 Å². The van der Waals surface area contributed by atoms with E-state index in [1.54, 1.807) is 4.31 Å². The van der Waals surface area contributed by atoms with Crippen molar-refractivity contribution in [3.8, 4) is 0 Å². The number of rotatable bonds is 9. The van der Waals surface area contributed by atoms with Crippen molar-refractivity contribution in [2.24, 2.45) is 4.99 Å². The summed E-state index contributed by atoms with van der Waals surface area (Å²) in [6.07, 6.45) is 0.727. The van der Waals surface area contributed by atoms with Gasteiger partial charge in [-0.3, -0.25) is 9.89 Å². The molecule has 0 amide bonds. The van der Waals surface area contributed by atoms with Gasteiger partial charge in [-0.15, -0.1) is 24.0 Å². The lowest BCUT2D eigenvalue weighted by molar-refractivity contribution is 0.178. The molecule has 1 heterocycles. The fourth-order valence-corrected chi connectivity index (χ4v) is 4.49. The maximum Gasteiger partial charge on any atom is 0.214 e. The molecule has 0 aromatic heterocycles. The average molecular weight is 489 g/mol. The Balaban J connectivity index is 0.00000576. The van der Waals surface area contributed by atoms with Crippen molar-refractivity contribution >= 4 is 40.0 Å². The molecule has 0 aromatic rings. The van der Waals surface area contributed by atoms with E-state index < -0.39 is 10.0 Å². The summed E-state index contributed by atoms with van der Waals surface area (Å²) in [6, 6.07) is 1.01. The Morgan fingerprint density at radius 1 is 1.20 bits per heavy atom. The van der Waals surface area contributed by atoms with E-state index in [2.05, 4.69) is 48.2 Å². The lowest BCUT2D eigenvalue weighted by atomic mass is 10.2. The van der Waals surface area contributed by atoms with Crippen molar-refractivity contribution in [1.29, 1.82) is 0 Å². The fraction of sp³-hybridized carbons (Fsp3) is 0.938. The third-order valence-electron chi connectivity index (χ3n) is 4.16. The molecule has 0 bridgehead atoms. The summed E-state index contributed by atoms with van der Waals surface area (Å²) in [5.41, 5.74) is 0.